The Labute approximate surface area is 139 Å². The number of carbonyl (C=O) groups is 2. The number of anilines is 1. The molecule has 0 bridgehead atoms. The summed E-state index contributed by atoms with van der Waals surface area (Å²) in [5.41, 5.74) is 1.49. The van der Waals surface area contributed by atoms with Crippen LogP contribution in [-0.2, 0) is 4.79 Å². The summed E-state index contributed by atoms with van der Waals surface area (Å²) in [6.45, 7) is 3.86. The summed E-state index contributed by atoms with van der Waals surface area (Å²) in [4.78, 5) is 30.0. The standard InChI is InChI=1S/C18H18N2O4/c1-11(2)24-16-9-5-7-14(19-16)17(21)20-10-13(18(22)23)12-6-3-4-8-15(12)20/h3-9,11,13H,10H2,1-2H3,(H,22,23)/t13-/m0/s1. The third-order valence-electron chi connectivity index (χ3n) is 3.81. The molecule has 0 saturated heterocycles. The van der Waals surface area contributed by atoms with Gasteiger partial charge in [0.15, 0.2) is 0 Å². The molecule has 0 unspecified atom stereocenters. The maximum atomic E-state index is 12.8. The molecule has 124 valence electrons. The number of nitrogens with zero attached hydrogens (tertiary/aromatic N) is 2. The summed E-state index contributed by atoms with van der Waals surface area (Å²) in [5, 5.41) is 9.40. The quantitative estimate of drug-likeness (QED) is 0.934. The number of benzene rings is 1. The van der Waals surface area contributed by atoms with Crippen LogP contribution in [0.15, 0.2) is 42.5 Å². The largest absolute Gasteiger partial charge is 0.481 e. The molecule has 1 aliphatic heterocycles. The minimum absolute atomic E-state index is 0.0493. The summed E-state index contributed by atoms with van der Waals surface area (Å²) in [7, 11) is 0. The van der Waals surface area contributed by atoms with Crippen molar-refractivity contribution in [3.05, 3.63) is 53.7 Å². The fraction of sp³-hybridized carbons (Fsp3) is 0.278. The van der Waals surface area contributed by atoms with E-state index in [1.165, 1.54) is 4.90 Å². The molecule has 0 saturated carbocycles. The maximum absolute atomic E-state index is 12.8. The lowest BCUT2D eigenvalue weighted by atomic mass is 10.0. The third kappa shape index (κ3) is 2.95. The van der Waals surface area contributed by atoms with Gasteiger partial charge >= 0.3 is 5.97 Å². The SMILES string of the molecule is CC(C)Oc1cccc(C(=O)N2C[C@H](C(=O)O)c3ccccc32)n1. The Morgan fingerprint density at radius 3 is 2.67 bits per heavy atom. The van der Waals surface area contributed by atoms with Crippen LogP contribution in [0.1, 0.15) is 35.8 Å². The van der Waals surface area contributed by atoms with Crippen molar-refractivity contribution in [3.8, 4) is 5.88 Å². The number of pyridine rings is 1. The Hall–Kier alpha value is -2.89. The number of hydrogen-bond acceptors (Lipinski definition) is 4. The second kappa shape index (κ2) is 6.31. The molecule has 2 heterocycles. The maximum Gasteiger partial charge on any atom is 0.312 e. The molecule has 0 aliphatic carbocycles. The molecule has 1 amide bonds. The second-order valence-corrected chi connectivity index (χ2v) is 5.89. The molecule has 1 aromatic heterocycles. The van der Waals surface area contributed by atoms with Gasteiger partial charge in [-0.05, 0) is 31.5 Å². The van der Waals surface area contributed by atoms with Crippen LogP contribution in [0, 0.1) is 0 Å². The van der Waals surface area contributed by atoms with Crippen LogP contribution in [0.5, 0.6) is 5.88 Å². The van der Waals surface area contributed by atoms with E-state index in [9.17, 15) is 14.7 Å². The summed E-state index contributed by atoms with van der Waals surface area (Å²) < 4.78 is 5.52. The predicted octanol–water partition coefficient (Wildman–Crippen LogP) is 2.70. The second-order valence-electron chi connectivity index (χ2n) is 5.89. The molecule has 3 rings (SSSR count). The average Bonchev–Trinajstić information content (AvgIpc) is 2.93. The van der Waals surface area contributed by atoms with Gasteiger partial charge in [-0.1, -0.05) is 24.3 Å². The van der Waals surface area contributed by atoms with Gasteiger partial charge in [-0.15, -0.1) is 0 Å². The van der Waals surface area contributed by atoms with Crippen molar-refractivity contribution in [1.29, 1.82) is 0 Å². The first-order valence-corrected chi connectivity index (χ1v) is 7.74. The first-order chi connectivity index (χ1) is 11.5. The van der Waals surface area contributed by atoms with Gasteiger partial charge < -0.3 is 14.7 Å². The van der Waals surface area contributed by atoms with E-state index in [0.717, 1.165) is 0 Å². The highest BCUT2D eigenvalue weighted by Crippen LogP contribution is 2.37. The number of aliphatic carboxylic acids is 1. The van der Waals surface area contributed by atoms with Crippen LogP contribution in [-0.4, -0.2) is 34.6 Å². The lowest BCUT2D eigenvalue weighted by Crippen LogP contribution is -2.32. The molecule has 1 aliphatic rings. The number of carboxylic acid groups (broad SMARTS) is 1. The van der Waals surface area contributed by atoms with Crippen molar-refractivity contribution in [2.45, 2.75) is 25.9 Å². The fourth-order valence-electron chi connectivity index (χ4n) is 2.79. The van der Waals surface area contributed by atoms with Crippen LogP contribution in [0.2, 0.25) is 0 Å². The molecule has 1 aromatic carbocycles. The third-order valence-corrected chi connectivity index (χ3v) is 3.81. The van der Waals surface area contributed by atoms with Crippen LogP contribution in [0.4, 0.5) is 5.69 Å². The number of aromatic nitrogens is 1. The predicted molar refractivity (Wildman–Crippen MR) is 88.5 cm³/mol. The number of carbonyl (C=O) groups excluding carboxylic acids is 1. The van der Waals surface area contributed by atoms with Gasteiger partial charge in [-0.2, -0.15) is 0 Å². The highest BCUT2D eigenvalue weighted by molar-refractivity contribution is 6.07. The van der Waals surface area contributed by atoms with E-state index in [1.54, 1.807) is 42.5 Å². The van der Waals surface area contributed by atoms with E-state index in [-0.39, 0.29) is 24.2 Å². The smallest absolute Gasteiger partial charge is 0.312 e. The fourth-order valence-corrected chi connectivity index (χ4v) is 2.79. The minimum Gasteiger partial charge on any atom is -0.481 e. The zero-order valence-electron chi connectivity index (χ0n) is 13.5. The van der Waals surface area contributed by atoms with Gasteiger partial charge in [0.1, 0.15) is 11.6 Å². The normalized spacial score (nSPS) is 16.1. The number of rotatable bonds is 4. The molecule has 6 heteroatoms. The monoisotopic (exact) mass is 326 g/mol. The zero-order valence-corrected chi connectivity index (χ0v) is 13.5. The van der Waals surface area contributed by atoms with E-state index < -0.39 is 11.9 Å². The Bertz CT molecular complexity index is 788. The molecule has 0 spiro atoms. The summed E-state index contributed by atoms with van der Waals surface area (Å²) in [6, 6.07) is 12.1. The van der Waals surface area contributed by atoms with Gasteiger partial charge in [-0.3, -0.25) is 9.59 Å². The lowest BCUT2D eigenvalue weighted by molar-refractivity contribution is -0.138. The summed E-state index contributed by atoms with van der Waals surface area (Å²) >= 11 is 0. The molecular formula is C18H18N2O4. The summed E-state index contributed by atoms with van der Waals surface area (Å²) in [6.07, 6.45) is -0.0493. The Morgan fingerprint density at radius 2 is 1.96 bits per heavy atom. The van der Waals surface area contributed by atoms with E-state index in [0.29, 0.717) is 17.1 Å². The Kier molecular flexibility index (Phi) is 4.20. The number of para-hydroxylation sites is 1. The molecule has 0 fully saturated rings. The molecule has 1 atom stereocenters. The van der Waals surface area contributed by atoms with E-state index in [1.807, 2.05) is 13.8 Å². The highest BCUT2D eigenvalue weighted by atomic mass is 16.5. The Balaban J connectivity index is 1.92. The molecule has 2 aromatic rings. The first-order valence-electron chi connectivity index (χ1n) is 7.74. The van der Waals surface area contributed by atoms with Crippen LogP contribution >= 0.6 is 0 Å². The lowest BCUT2D eigenvalue weighted by Gasteiger charge is -2.17. The number of amides is 1. The van der Waals surface area contributed by atoms with Crippen LogP contribution < -0.4 is 9.64 Å². The van der Waals surface area contributed by atoms with Gasteiger partial charge in [0, 0.05) is 18.3 Å². The van der Waals surface area contributed by atoms with Gasteiger partial charge in [0.05, 0.1) is 6.10 Å². The van der Waals surface area contributed by atoms with Crippen molar-refractivity contribution in [1.82, 2.24) is 4.98 Å². The van der Waals surface area contributed by atoms with Crippen molar-refractivity contribution >= 4 is 17.6 Å². The topological polar surface area (TPSA) is 79.7 Å². The van der Waals surface area contributed by atoms with E-state index in [4.69, 9.17) is 4.74 Å². The van der Waals surface area contributed by atoms with Gasteiger partial charge in [0.2, 0.25) is 5.88 Å². The first kappa shape index (κ1) is 16.0. The molecule has 6 nitrogen and oxygen atoms in total. The molecule has 24 heavy (non-hydrogen) atoms. The number of ether oxygens (including phenoxy) is 1. The van der Waals surface area contributed by atoms with Gasteiger partial charge in [-0.25, -0.2) is 4.98 Å². The van der Waals surface area contributed by atoms with Crippen molar-refractivity contribution < 1.29 is 19.4 Å². The molecule has 1 N–H and O–H groups in total. The molecule has 0 radical (unpaired) electrons. The number of fused-ring (bicyclic) bond motifs is 1. The van der Waals surface area contributed by atoms with Crippen molar-refractivity contribution in [2.75, 3.05) is 11.4 Å². The van der Waals surface area contributed by atoms with Crippen molar-refractivity contribution in [3.63, 3.8) is 0 Å². The zero-order chi connectivity index (χ0) is 17.3. The van der Waals surface area contributed by atoms with Gasteiger partial charge in [0.25, 0.3) is 5.91 Å². The minimum atomic E-state index is -0.942. The number of carboxylic acids is 1. The number of hydrogen-bond donors (Lipinski definition) is 1. The van der Waals surface area contributed by atoms with E-state index >= 15 is 0 Å². The average molecular weight is 326 g/mol. The van der Waals surface area contributed by atoms with Crippen LogP contribution in [0.3, 0.4) is 0 Å². The summed E-state index contributed by atoms with van der Waals surface area (Å²) in [5.74, 6) is -1.62. The van der Waals surface area contributed by atoms with Crippen LogP contribution in [0.25, 0.3) is 0 Å². The highest BCUT2D eigenvalue weighted by Gasteiger charge is 2.37. The molecular weight excluding hydrogens is 308 g/mol. The Morgan fingerprint density at radius 1 is 1.21 bits per heavy atom. The van der Waals surface area contributed by atoms with E-state index in [2.05, 4.69) is 4.98 Å². The van der Waals surface area contributed by atoms with Crippen molar-refractivity contribution in [2.24, 2.45) is 0 Å².